The molecule has 0 spiro atoms. The SMILES string of the molecule is CCCC1CC(C)C2C1C1CC2C(C)(C)C1(C)C.CCCC1CC(C)C2C1C1CC2C(C)(C)C1(C)C.CCCC1CC(C)C2C3CC(C12)C(C)(C)C3C.CCCC1CC(C)C2C3CC(C12)C(C)(C)C3C. The van der Waals surface area contributed by atoms with Gasteiger partial charge >= 0.3 is 0 Å². The van der Waals surface area contributed by atoms with Crippen LogP contribution in [0.2, 0.25) is 0 Å². The molecule has 0 saturated heterocycles. The fraction of sp³-hybridized carbons (Fsp3) is 1.00. The average molecular weight is 966 g/mol. The largest absolute Gasteiger partial charge is 0.0654 e. The van der Waals surface area contributed by atoms with Crippen molar-refractivity contribution in [3.63, 3.8) is 0 Å². The van der Waals surface area contributed by atoms with E-state index in [1.807, 2.05) is 0 Å². The zero-order valence-electron chi connectivity index (χ0n) is 51.3. The first-order chi connectivity index (χ1) is 32.6. The van der Waals surface area contributed by atoms with Crippen molar-refractivity contribution in [2.45, 2.75) is 255 Å². The molecular weight excluding hydrogens is 841 g/mol. The summed E-state index contributed by atoms with van der Waals surface area (Å²) in [6, 6.07) is 0. The summed E-state index contributed by atoms with van der Waals surface area (Å²) in [5.74, 6) is 27.2. The van der Waals surface area contributed by atoms with Gasteiger partial charge in [-0.05, 0) is 238 Å². The van der Waals surface area contributed by atoms with Crippen LogP contribution in [-0.2, 0) is 0 Å². The summed E-state index contributed by atoms with van der Waals surface area (Å²) in [6.07, 6.45) is 23.9. The Bertz CT molecular complexity index is 1670. The Kier molecular flexibility index (Phi) is 14.8. The fourth-order valence-electron chi connectivity index (χ4n) is 25.7. The van der Waals surface area contributed by atoms with Crippen LogP contribution in [-0.4, -0.2) is 0 Å². The Balaban J connectivity index is 0.000000116. The van der Waals surface area contributed by atoms with Gasteiger partial charge in [0.25, 0.3) is 0 Å². The van der Waals surface area contributed by atoms with Crippen LogP contribution < -0.4 is 0 Å². The van der Waals surface area contributed by atoms with Crippen molar-refractivity contribution in [3.05, 3.63) is 0 Å². The van der Waals surface area contributed by atoms with E-state index < -0.39 is 0 Å². The van der Waals surface area contributed by atoms with Crippen molar-refractivity contribution in [1.29, 1.82) is 0 Å². The molecule has 0 aromatic carbocycles. The van der Waals surface area contributed by atoms with Crippen LogP contribution in [0.3, 0.4) is 0 Å². The maximum atomic E-state index is 2.57. The van der Waals surface area contributed by atoms with E-state index in [-0.39, 0.29) is 0 Å². The first-order valence-corrected chi connectivity index (χ1v) is 32.6. The first kappa shape index (κ1) is 54.8. The Labute approximate surface area is 439 Å². The summed E-state index contributed by atoms with van der Waals surface area (Å²) in [6.45, 7) is 55.6. The van der Waals surface area contributed by atoms with Gasteiger partial charge in [0.2, 0.25) is 0 Å². The molecule has 12 saturated carbocycles. The van der Waals surface area contributed by atoms with Crippen molar-refractivity contribution in [2.75, 3.05) is 0 Å². The highest BCUT2D eigenvalue weighted by Crippen LogP contribution is 2.77. The van der Waals surface area contributed by atoms with Crippen molar-refractivity contribution in [3.8, 4) is 0 Å². The second-order valence-electron chi connectivity index (χ2n) is 33.7. The van der Waals surface area contributed by atoms with Crippen LogP contribution in [0, 0.1) is 186 Å². The smallest absolute Gasteiger partial charge is 0.0269 e. The number of hydrogen-bond donors (Lipinski definition) is 0. The van der Waals surface area contributed by atoms with Gasteiger partial charge in [-0.2, -0.15) is 0 Å². The molecule has 0 N–H and O–H groups in total. The predicted molar refractivity (Wildman–Crippen MR) is 304 cm³/mol. The molecule has 70 heavy (non-hydrogen) atoms. The van der Waals surface area contributed by atoms with Crippen LogP contribution in [0.25, 0.3) is 0 Å². The summed E-state index contributed by atoms with van der Waals surface area (Å²) >= 11 is 0. The molecule has 0 aliphatic heterocycles. The highest BCUT2D eigenvalue weighted by atomic mass is 14.8. The van der Waals surface area contributed by atoms with Crippen molar-refractivity contribution in [1.82, 2.24) is 0 Å². The third-order valence-electron chi connectivity index (χ3n) is 30.3. The molecule has 0 aromatic heterocycles. The molecule has 12 rings (SSSR count). The summed E-state index contributed by atoms with van der Waals surface area (Å²) in [7, 11) is 0. The number of fused-ring (bicyclic) bond motifs is 20. The minimum atomic E-state index is 0.564. The summed E-state index contributed by atoms with van der Waals surface area (Å²) in [5.41, 5.74) is 3.51. The van der Waals surface area contributed by atoms with Gasteiger partial charge in [0.05, 0.1) is 0 Å². The third kappa shape index (κ3) is 7.79. The van der Waals surface area contributed by atoms with Gasteiger partial charge < -0.3 is 0 Å². The molecule has 12 aliphatic rings. The summed E-state index contributed by atoms with van der Waals surface area (Å²) in [4.78, 5) is 0. The van der Waals surface area contributed by atoms with E-state index in [4.69, 9.17) is 0 Å². The van der Waals surface area contributed by atoms with Crippen LogP contribution in [0.1, 0.15) is 255 Å². The normalized spacial score (nSPS) is 53.4. The van der Waals surface area contributed by atoms with Gasteiger partial charge in [0.15, 0.2) is 0 Å². The Morgan fingerprint density at radius 1 is 0.271 bits per heavy atom. The van der Waals surface area contributed by atoms with Gasteiger partial charge in [0, 0.05) is 0 Å². The van der Waals surface area contributed by atoms with Gasteiger partial charge in [-0.25, -0.2) is 0 Å². The maximum absolute atomic E-state index is 2.57. The molecule has 0 amide bonds. The maximum Gasteiger partial charge on any atom is -0.0269 e. The molecule has 26 unspecified atom stereocenters. The molecule has 0 aromatic rings. The lowest BCUT2D eigenvalue weighted by molar-refractivity contribution is -0.0390. The second-order valence-corrected chi connectivity index (χ2v) is 33.7. The van der Waals surface area contributed by atoms with Gasteiger partial charge in [-0.3, -0.25) is 0 Å². The fourth-order valence-corrected chi connectivity index (χ4v) is 25.7. The summed E-state index contributed by atoms with van der Waals surface area (Å²) < 4.78 is 0. The predicted octanol–water partition coefficient (Wildman–Crippen LogP) is 20.7. The van der Waals surface area contributed by atoms with Crippen LogP contribution >= 0.6 is 0 Å². The molecule has 8 bridgehead atoms. The van der Waals surface area contributed by atoms with E-state index in [0.29, 0.717) is 32.5 Å². The Morgan fingerprint density at radius 2 is 0.500 bits per heavy atom. The molecule has 0 nitrogen and oxygen atoms in total. The van der Waals surface area contributed by atoms with E-state index in [1.54, 1.807) is 38.5 Å². The monoisotopic (exact) mass is 965 g/mol. The lowest BCUT2D eigenvalue weighted by atomic mass is 9.53. The number of hydrogen-bond acceptors (Lipinski definition) is 0. The molecule has 0 radical (unpaired) electrons. The second kappa shape index (κ2) is 18.9. The summed E-state index contributed by atoms with van der Waals surface area (Å²) in [5, 5.41) is 0. The molecule has 404 valence electrons. The van der Waals surface area contributed by atoms with Crippen molar-refractivity contribution < 1.29 is 0 Å². The Morgan fingerprint density at radius 3 is 0.757 bits per heavy atom. The highest BCUT2D eigenvalue weighted by molar-refractivity contribution is 5.19. The zero-order valence-corrected chi connectivity index (χ0v) is 51.3. The lowest BCUT2D eigenvalue weighted by Crippen LogP contribution is -2.46. The number of rotatable bonds is 8. The molecule has 12 aliphatic carbocycles. The van der Waals surface area contributed by atoms with Crippen LogP contribution in [0.5, 0.6) is 0 Å². The van der Waals surface area contributed by atoms with E-state index in [0.717, 1.165) is 154 Å². The zero-order chi connectivity index (χ0) is 51.3. The average Bonchev–Trinajstić information content (AvgIpc) is 4.15. The topological polar surface area (TPSA) is 0 Å². The molecule has 26 atom stereocenters. The van der Waals surface area contributed by atoms with Crippen LogP contribution in [0.4, 0.5) is 0 Å². The van der Waals surface area contributed by atoms with E-state index in [2.05, 4.69) is 152 Å². The highest BCUT2D eigenvalue weighted by Gasteiger charge is 2.71. The molecule has 0 heteroatoms. The third-order valence-corrected chi connectivity index (χ3v) is 30.3. The Hall–Kier alpha value is 0. The van der Waals surface area contributed by atoms with Crippen molar-refractivity contribution >= 4 is 0 Å². The lowest BCUT2D eigenvalue weighted by Gasteiger charge is -2.52. The van der Waals surface area contributed by atoms with E-state index in [1.165, 1.54) is 64.2 Å². The standard InChI is InChI=1S/2C18H32.2C17H30/c2*1-7-8-12-9-11(2)15-13-10-14(16(12)15)18(5,6)17(13,3)4;2*1-6-7-12-8-10(2)15-13-9-14(16(12)15)17(4,5)11(13)3/h2*11-16H,7-10H2,1-6H3;2*10-16H,6-9H2,1-5H3. The quantitative estimate of drug-likeness (QED) is 0.227. The first-order valence-electron chi connectivity index (χ1n) is 32.6. The van der Waals surface area contributed by atoms with E-state index in [9.17, 15) is 0 Å². The minimum absolute atomic E-state index is 0.564. The van der Waals surface area contributed by atoms with Crippen LogP contribution in [0.15, 0.2) is 0 Å². The van der Waals surface area contributed by atoms with Crippen molar-refractivity contribution in [2.24, 2.45) is 186 Å². The van der Waals surface area contributed by atoms with Gasteiger partial charge in [0.1, 0.15) is 0 Å². The van der Waals surface area contributed by atoms with Gasteiger partial charge in [-0.15, -0.1) is 0 Å². The minimum Gasteiger partial charge on any atom is -0.0654 e. The van der Waals surface area contributed by atoms with Gasteiger partial charge in [-0.1, -0.05) is 204 Å². The van der Waals surface area contributed by atoms with E-state index >= 15 is 0 Å². The molecule has 12 fully saturated rings. The molecule has 0 heterocycles. The molecular formula is C70H124.